The second kappa shape index (κ2) is 10.1. The quantitative estimate of drug-likeness (QED) is 0.393. The third-order valence-electron chi connectivity index (χ3n) is 2.95. The van der Waals surface area contributed by atoms with Crippen LogP contribution in [-0.2, 0) is 19.1 Å². The molecule has 0 N–H and O–H groups in total. The van der Waals surface area contributed by atoms with Gasteiger partial charge in [-0.25, -0.2) is 9.59 Å². The van der Waals surface area contributed by atoms with E-state index in [0.29, 0.717) is 23.5 Å². The smallest absolute Gasteiger partial charge is 0.333 e. The molecule has 0 aliphatic carbocycles. The number of benzene rings is 1. The van der Waals surface area contributed by atoms with Crippen molar-refractivity contribution in [1.29, 1.82) is 0 Å². The van der Waals surface area contributed by atoms with E-state index in [1.165, 1.54) is 13.2 Å². The summed E-state index contributed by atoms with van der Waals surface area (Å²) in [6.07, 6.45) is 3.33. The van der Waals surface area contributed by atoms with Gasteiger partial charge in [-0.2, -0.15) is 0 Å². The van der Waals surface area contributed by atoms with Crippen molar-refractivity contribution in [2.45, 2.75) is 13.3 Å². The summed E-state index contributed by atoms with van der Waals surface area (Å²) in [6.45, 7) is 5.38. The number of hydrogen-bond donors (Lipinski definition) is 0. The number of carbonyl (C=O) groups excluding carboxylic acids is 2. The van der Waals surface area contributed by atoms with E-state index in [1.54, 1.807) is 38.3 Å². The van der Waals surface area contributed by atoms with Crippen molar-refractivity contribution in [2.75, 3.05) is 27.4 Å². The lowest BCUT2D eigenvalue weighted by Gasteiger charge is -2.07. The number of carbonyl (C=O) groups is 2. The van der Waals surface area contributed by atoms with E-state index in [0.717, 1.165) is 5.56 Å². The number of esters is 2. The first-order valence-electron chi connectivity index (χ1n) is 7.37. The van der Waals surface area contributed by atoms with Crippen molar-refractivity contribution in [2.24, 2.45) is 0 Å². The Balaban J connectivity index is 2.41. The molecule has 0 saturated heterocycles. The maximum atomic E-state index is 11.6. The van der Waals surface area contributed by atoms with Gasteiger partial charge in [-0.05, 0) is 25.1 Å². The lowest BCUT2D eigenvalue weighted by molar-refractivity contribution is -0.140. The molecule has 0 bridgehead atoms. The zero-order valence-electron chi connectivity index (χ0n) is 14.2. The van der Waals surface area contributed by atoms with Gasteiger partial charge >= 0.3 is 11.9 Å². The molecule has 0 aliphatic rings. The second-order valence-corrected chi connectivity index (χ2v) is 4.88. The minimum absolute atomic E-state index is 0.159. The Morgan fingerprint density at radius 2 is 1.83 bits per heavy atom. The summed E-state index contributed by atoms with van der Waals surface area (Å²) in [5.74, 6) is 0.313. The number of ether oxygens (including phenoxy) is 4. The van der Waals surface area contributed by atoms with Gasteiger partial charge in [0.05, 0.1) is 27.4 Å². The van der Waals surface area contributed by atoms with E-state index >= 15 is 0 Å². The molecule has 24 heavy (non-hydrogen) atoms. The molecule has 1 aromatic rings. The summed E-state index contributed by atoms with van der Waals surface area (Å²) in [5.41, 5.74) is 1.06. The fourth-order valence-electron chi connectivity index (χ4n) is 1.68. The molecule has 0 radical (unpaired) electrons. The zero-order chi connectivity index (χ0) is 17.9. The zero-order valence-corrected chi connectivity index (χ0v) is 14.2. The van der Waals surface area contributed by atoms with Crippen LogP contribution in [0.1, 0.15) is 18.9 Å². The Labute approximate surface area is 141 Å². The van der Waals surface area contributed by atoms with Gasteiger partial charge in [-0.15, -0.1) is 0 Å². The minimum atomic E-state index is -0.487. The van der Waals surface area contributed by atoms with E-state index in [2.05, 4.69) is 6.58 Å². The predicted octanol–water partition coefficient (Wildman–Crippen LogP) is 2.77. The summed E-state index contributed by atoms with van der Waals surface area (Å²) in [4.78, 5) is 22.8. The number of hydrogen-bond acceptors (Lipinski definition) is 6. The van der Waals surface area contributed by atoms with Crippen molar-refractivity contribution in [3.8, 4) is 11.5 Å². The molecule has 6 nitrogen and oxygen atoms in total. The monoisotopic (exact) mass is 334 g/mol. The van der Waals surface area contributed by atoms with Gasteiger partial charge in [0.2, 0.25) is 0 Å². The van der Waals surface area contributed by atoms with Crippen LogP contribution in [0.25, 0.3) is 6.08 Å². The Morgan fingerprint density at radius 3 is 2.46 bits per heavy atom. The molecular formula is C18H22O6. The summed E-state index contributed by atoms with van der Waals surface area (Å²) in [7, 11) is 3.10. The van der Waals surface area contributed by atoms with Gasteiger partial charge < -0.3 is 18.9 Å². The van der Waals surface area contributed by atoms with Gasteiger partial charge in [0, 0.05) is 29.7 Å². The molecule has 0 unspecified atom stereocenters. The largest absolute Gasteiger partial charge is 0.497 e. The van der Waals surface area contributed by atoms with Crippen LogP contribution in [0.2, 0.25) is 0 Å². The molecule has 0 atom stereocenters. The Kier molecular flexibility index (Phi) is 8.11. The van der Waals surface area contributed by atoms with Crippen LogP contribution in [0.15, 0.2) is 36.4 Å². The summed E-state index contributed by atoms with van der Waals surface area (Å²) in [6, 6.07) is 5.27. The highest BCUT2D eigenvalue weighted by Crippen LogP contribution is 2.25. The van der Waals surface area contributed by atoms with E-state index in [9.17, 15) is 9.59 Å². The van der Waals surface area contributed by atoms with Crippen molar-refractivity contribution in [3.05, 3.63) is 42.0 Å². The van der Waals surface area contributed by atoms with E-state index in [4.69, 9.17) is 18.9 Å². The highest BCUT2D eigenvalue weighted by molar-refractivity contribution is 5.88. The molecule has 0 spiro atoms. The lowest BCUT2D eigenvalue weighted by atomic mass is 10.2. The highest BCUT2D eigenvalue weighted by atomic mass is 16.5. The van der Waals surface area contributed by atoms with Crippen molar-refractivity contribution in [3.63, 3.8) is 0 Å². The van der Waals surface area contributed by atoms with Crippen LogP contribution in [0.5, 0.6) is 11.5 Å². The van der Waals surface area contributed by atoms with E-state index in [-0.39, 0.29) is 13.2 Å². The maximum Gasteiger partial charge on any atom is 0.333 e. The number of methoxy groups -OCH3 is 2. The van der Waals surface area contributed by atoms with Gasteiger partial charge in [-0.3, -0.25) is 0 Å². The predicted molar refractivity (Wildman–Crippen MR) is 89.9 cm³/mol. The van der Waals surface area contributed by atoms with E-state index in [1.807, 2.05) is 0 Å². The van der Waals surface area contributed by atoms with Crippen molar-refractivity contribution >= 4 is 18.0 Å². The minimum Gasteiger partial charge on any atom is -0.497 e. The normalized spacial score (nSPS) is 10.3. The maximum absolute atomic E-state index is 11.6. The van der Waals surface area contributed by atoms with Crippen LogP contribution in [0, 0.1) is 0 Å². The van der Waals surface area contributed by atoms with Crippen molar-refractivity contribution < 1.29 is 28.5 Å². The topological polar surface area (TPSA) is 71.1 Å². The molecular weight excluding hydrogens is 312 g/mol. The van der Waals surface area contributed by atoms with Gasteiger partial charge in [0.25, 0.3) is 0 Å². The first-order valence-corrected chi connectivity index (χ1v) is 7.37. The first-order chi connectivity index (χ1) is 11.5. The first kappa shape index (κ1) is 19.3. The molecule has 0 aliphatic heterocycles. The number of rotatable bonds is 9. The summed E-state index contributed by atoms with van der Waals surface area (Å²) < 4.78 is 20.3. The highest BCUT2D eigenvalue weighted by Gasteiger charge is 2.05. The van der Waals surface area contributed by atoms with Crippen molar-refractivity contribution in [1.82, 2.24) is 0 Å². The molecule has 0 amide bonds. The fourth-order valence-corrected chi connectivity index (χ4v) is 1.68. The molecule has 0 aromatic heterocycles. The molecule has 130 valence electrons. The molecule has 1 aromatic carbocycles. The van der Waals surface area contributed by atoms with Gasteiger partial charge in [0.15, 0.2) is 0 Å². The van der Waals surface area contributed by atoms with E-state index < -0.39 is 11.9 Å². The third-order valence-corrected chi connectivity index (χ3v) is 2.95. The standard InChI is InChI=1S/C18H22O6/c1-13(2)18(20)24-11-5-10-23-17(19)9-7-14-6-8-15(21-3)12-16(14)22-4/h6-9,12H,1,5,10-11H2,2-4H3/b9-7+. The fraction of sp³-hybridized carbons (Fsp3) is 0.333. The lowest BCUT2D eigenvalue weighted by Crippen LogP contribution is -2.09. The molecule has 0 heterocycles. The summed E-state index contributed by atoms with van der Waals surface area (Å²) >= 11 is 0. The molecule has 0 saturated carbocycles. The SMILES string of the molecule is C=C(C)C(=O)OCCCOC(=O)/C=C/c1ccc(OC)cc1OC. The van der Waals surface area contributed by atoms with Crippen LogP contribution < -0.4 is 9.47 Å². The third kappa shape index (κ3) is 6.56. The Morgan fingerprint density at radius 1 is 1.12 bits per heavy atom. The van der Waals surface area contributed by atoms with Crippen LogP contribution in [-0.4, -0.2) is 39.4 Å². The average molecular weight is 334 g/mol. The molecule has 6 heteroatoms. The second-order valence-electron chi connectivity index (χ2n) is 4.88. The Hall–Kier alpha value is -2.76. The molecule has 1 rings (SSSR count). The average Bonchev–Trinajstić information content (AvgIpc) is 2.59. The van der Waals surface area contributed by atoms with Gasteiger partial charge in [0.1, 0.15) is 11.5 Å². The summed E-state index contributed by atoms with van der Waals surface area (Å²) in [5, 5.41) is 0. The van der Waals surface area contributed by atoms with Crippen LogP contribution in [0.3, 0.4) is 0 Å². The van der Waals surface area contributed by atoms with Crippen LogP contribution in [0.4, 0.5) is 0 Å². The Bertz CT molecular complexity index is 618. The van der Waals surface area contributed by atoms with Crippen LogP contribution >= 0.6 is 0 Å². The molecule has 0 fully saturated rings. The van der Waals surface area contributed by atoms with Gasteiger partial charge in [-0.1, -0.05) is 6.58 Å².